The van der Waals surface area contributed by atoms with Crippen LogP contribution in [-0.4, -0.2) is 30.6 Å². The quantitative estimate of drug-likeness (QED) is 0.706. The van der Waals surface area contributed by atoms with Crippen LogP contribution in [0.25, 0.3) is 0 Å². The van der Waals surface area contributed by atoms with Gasteiger partial charge in [0.05, 0.1) is 0 Å². The van der Waals surface area contributed by atoms with Crippen LogP contribution in [0.2, 0.25) is 0 Å². The Morgan fingerprint density at radius 3 is 1.80 bits per heavy atom. The Labute approximate surface area is 96.2 Å². The first-order valence-corrected chi connectivity index (χ1v) is 6.28. The highest BCUT2D eigenvalue weighted by atomic mass is 15.1. The third-order valence-electron chi connectivity index (χ3n) is 2.86. The number of nitrogens with zero attached hydrogens (tertiary/aromatic N) is 1. The number of nitrogens with two attached hydrogens (primary N) is 1. The number of hydrogen-bond donors (Lipinski definition) is 1. The topological polar surface area (TPSA) is 29.3 Å². The van der Waals surface area contributed by atoms with Crippen LogP contribution >= 0.6 is 0 Å². The first kappa shape index (κ1) is 14.9. The van der Waals surface area contributed by atoms with E-state index in [9.17, 15) is 0 Å². The highest BCUT2D eigenvalue weighted by molar-refractivity contribution is 4.72. The van der Waals surface area contributed by atoms with E-state index in [1.54, 1.807) is 0 Å². The van der Waals surface area contributed by atoms with E-state index in [0.29, 0.717) is 18.0 Å². The monoisotopic (exact) mass is 214 g/mol. The highest BCUT2D eigenvalue weighted by Crippen LogP contribution is 2.11. The van der Waals surface area contributed by atoms with E-state index in [1.165, 1.54) is 6.42 Å². The van der Waals surface area contributed by atoms with Gasteiger partial charge in [-0.2, -0.15) is 0 Å². The summed E-state index contributed by atoms with van der Waals surface area (Å²) in [5, 5.41) is 0. The van der Waals surface area contributed by atoms with Gasteiger partial charge in [-0.25, -0.2) is 0 Å². The van der Waals surface area contributed by atoms with Gasteiger partial charge < -0.3 is 10.6 Å². The first-order valence-electron chi connectivity index (χ1n) is 6.28. The minimum atomic E-state index is 0.324. The molecule has 0 rings (SSSR count). The second-order valence-electron chi connectivity index (χ2n) is 5.81. The Bertz CT molecular complexity index is 155. The van der Waals surface area contributed by atoms with Crippen LogP contribution in [0.4, 0.5) is 0 Å². The molecule has 0 heterocycles. The smallest absolute Gasteiger partial charge is 0.0170 e. The van der Waals surface area contributed by atoms with Crippen LogP contribution in [0.15, 0.2) is 0 Å². The fourth-order valence-electron chi connectivity index (χ4n) is 2.09. The summed E-state index contributed by atoms with van der Waals surface area (Å²) in [7, 11) is 2.19. The van der Waals surface area contributed by atoms with Crippen molar-refractivity contribution in [1.29, 1.82) is 0 Å². The molecule has 0 aliphatic rings. The number of likely N-dealkylation sites (N-methyl/N-ethyl adjacent to an activating group) is 1. The van der Waals surface area contributed by atoms with E-state index < -0.39 is 0 Å². The molecular formula is C13H30N2. The van der Waals surface area contributed by atoms with Crippen molar-refractivity contribution in [3.05, 3.63) is 0 Å². The van der Waals surface area contributed by atoms with Gasteiger partial charge in [0.25, 0.3) is 0 Å². The predicted molar refractivity (Wildman–Crippen MR) is 69.0 cm³/mol. The van der Waals surface area contributed by atoms with E-state index in [-0.39, 0.29) is 0 Å². The van der Waals surface area contributed by atoms with Crippen LogP contribution in [0.1, 0.15) is 47.5 Å². The third kappa shape index (κ3) is 7.80. The molecule has 0 spiro atoms. The van der Waals surface area contributed by atoms with Crippen molar-refractivity contribution < 1.29 is 0 Å². The third-order valence-corrected chi connectivity index (χ3v) is 2.86. The van der Waals surface area contributed by atoms with Gasteiger partial charge in [-0.05, 0) is 38.6 Å². The van der Waals surface area contributed by atoms with Crippen LogP contribution in [0.5, 0.6) is 0 Å². The number of hydrogen-bond acceptors (Lipinski definition) is 2. The molecule has 0 saturated heterocycles. The average molecular weight is 214 g/mol. The van der Waals surface area contributed by atoms with Crippen molar-refractivity contribution in [3.63, 3.8) is 0 Å². The average Bonchev–Trinajstić information content (AvgIpc) is 2.00. The molecule has 0 aliphatic heterocycles. The summed E-state index contributed by atoms with van der Waals surface area (Å²) in [6.45, 7) is 12.3. The lowest BCUT2D eigenvalue weighted by atomic mass is 10.0. The zero-order chi connectivity index (χ0) is 12.0. The summed E-state index contributed by atoms with van der Waals surface area (Å²) in [5.41, 5.74) is 6.10. The van der Waals surface area contributed by atoms with E-state index in [0.717, 1.165) is 18.9 Å². The van der Waals surface area contributed by atoms with Gasteiger partial charge in [-0.1, -0.05) is 27.7 Å². The zero-order valence-corrected chi connectivity index (χ0v) is 11.5. The second-order valence-corrected chi connectivity index (χ2v) is 5.81. The fraction of sp³-hybridized carbons (Fsp3) is 1.00. The zero-order valence-electron chi connectivity index (χ0n) is 11.5. The van der Waals surface area contributed by atoms with Crippen LogP contribution in [0.3, 0.4) is 0 Å². The Balaban J connectivity index is 3.84. The summed E-state index contributed by atoms with van der Waals surface area (Å²) in [6, 6.07) is 0.966. The molecule has 2 N–H and O–H groups in total. The summed E-state index contributed by atoms with van der Waals surface area (Å²) in [6.07, 6.45) is 2.38. The number of rotatable bonds is 7. The molecule has 0 aromatic rings. The van der Waals surface area contributed by atoms with Crippen LogP contribution < -0.4 is 5.73 Å². The van der Waals surface area contributed by atoms with Crippen molar-refractivity contribution in [1.82, 2.24) is 4.90 Å². The van der Waals surface area contributed by atoms with Crippen molar-refractivity contribution in [2.45, 2.75) is 59.5 Å². The Morgan fingerprint density at radius 2 is 1.40 bits per heavy atom. The van der Waals surface area contributed by atoms with Gasteiger partial charge >= 0.3 is 0 Å². The van der Waals surface area contributed by atoms with Crippen molar-refractivity contribution in [2.75, 3.05) is 13.6 Å². The molecule has 2 atom stereocenters. The maximum atomic E-state index is 6.10. The van der Waals surface area contributed by atoms with Gasteiger partial charge in [0.15, 0.2) is 0 Å². The predicted octanol–water partition coefficient (Wildman–Crippen LogP) is 2.73. The minimum Gasteiger partial charge on any atom is -0.327 e. The lowest BCUT2D eigenvalue weighted by molar-refractivity contribution is 0.209. The van der Waals surface area contributed by atoms with Crippen molar-refractivity contribution >= 4 is 0 Å². The van der Waals surface area contributed by atoms with E-state index in [4.69, 9.17) is 5.73 Å². The molecule has 0 radical (unpaired) electrons. The molecule has 2 nitrogen and oxygen atoms in total. The Hall–Kier alpha value is -0.0800. The normalized spacial score (nSPS) is 16.4. The molecule has 0 saturated carbocycles. The summed E-state index contributed by atoms with van der Waals surface area (Å²) >= 11 is 0. The lowest BCUT2D eigenvalue weighted by Crippen LogP contribution is -2.40. The van der Waals surface area contributed by atoms with Gasteiger partial charge in [0.2, 0.25) is 0 Å². The molecule has 2 unspecified atom stereocenters. The fourth-order valence-corrected chi connectivity index (χ4v) is 2.09. The van der Waals surface area contributed by atoms with Crippen molar-refractivity contribution in [2.24, 2.45) is 17.6 Å². The van der Waals surface area contributed by atoms with Gasteiger partial charge in [0, 0.05) is 18.6 Å². The van der Waals surface area contributed by atoms with Crippen molar-refractivity contribution in [3.8, 4) is 0 Å². The minimum absolute atomic E-state index is 0.324. The van der Waals surface area contributed by atoms with E-state index in [2.05, 4.69) is 46.6 Å². The molecule has 0 aromatic carbocycles. The summed E-state index contributed by atoms with van der Waals surface area (Å²) in [4.78, 5) is 2.40. The second kappa shape index (κ2) is 7.24. The molecule has 2 heteroatoms. The molecule has 15 heavy (non-hydrogen) atoms. The Kier molecular flexibility index (Phi) is 7.20. The lowest BCUT2D eigenvalue weighted by Gasteiger charge is -2.29. The maximum Gasteiger partial charge on any atom is 0.0170 e. The summed E-state index contributed by atoms with van der Waals surface area (Å²) < 4.78 is 0. The molecule has 0 aromatic heterocycles. The molecule has 0 fully saturated rings. The SMILES string of the molecule is CC(C)CC(N)CN(C)C(C)CC(C)C. The van der Waals surface area contributed by atoms with Gasteiger partial charge in [-0.15, -0.1) is 0 Å². The van der Waals surface area contributed by atoms with Gasteiger partial charge in [0.1, 0.15) is 0 Å². The largest absolute Gasteiger partial charge is 0.327 e. The van der Waals surface area contributed by atoms with Crippen LogP contribution in [-0.2, 0) is 0 Å². The molecular weight excluding hydrogens is 184 g/mol. The van der Waals surface area contributed by atoms with Crippen LogP contribution in [0, 0.1) is 11.8 Å². The van der Waals surface area contributed by atoms with E-state index in [1.807, 2.05) is 0 Å². The molecule has 0 amide bonds. The Morgan fingerprint density at radius 1 is 0.933 bits per heavy atom. The molecule has 0 bridgehead atoms. The molecule has 0 aliphatic carbocycles. The van der Waals surface area contributed by atoms with E-state index >= 15 is 0 Å². The van der Waals surface area contributed by atoms with Gasteiger partial charge in [-0.3, -0.25) is 0 Å². The summed E-state index contributed by atoms with van der Waals surface area (Å²) in [5.74, 6) is 1.47. The maximum absolute atomic E-state index is 6.10. The first-order chi connectivity index (χ1) is 6.82. The standard InChI is InChI=1S/C13H30N2/c1-10(2)7-12(5)15(6)9-13(14)8-11(3)4/h10-13H,7-9,14H2,1-6H3. The highest BCUT2D eigenvalue weighted by Gasteiger charge is 2.14. The molecule has 92 valence electrons.